The number of amides is 1. The van der Waals surface area contributed by atoms with Gasteiger partial charge in [-0.2, -0.15) is 0 Å². The van der Waals surface area contributed by atoms with Gasteiger partial charge in [0.15, 0.2) is 5.65 Å². The highest BCUT2D eigenvalue weighted by molar-refractivity contribution is 5.95. The number of nitrogens with zero attached hydrogens (tertiary/aromatic N) is 6. The van der Waals surface area contributed by atoms with Crippen LogP contribution in [0.3, 0.4) is 0 Å². The van der Waals surface area contributed by atoms with Crippen molar-refractivity contribution in [2.45, 2.75) is 25.3 Å². The van der Waals surface area contributed by atoms with Crippen LogP contribution in [0.1, 0.15) is 27.9 Å². The number of fused-ring (bicyclic) bond motifs is 2. The van der Waals surface area contributed by atoms with Gasteiger partial charge in [-0.25, -0.2) is 4.52 Å². The standard InChI is InChI=1S/C20H22N6O/c27-20(17-7-8-26-19(14-17)21-22-23-26)25-11-9-24(10-12-25)18-6-5-15-3-1-2-4-16(15)13-18/h1-4,7-8,14,18H,5-6,9-13H2/t18-/m1/s1. The van der Waals surface area contributed by atoms with Crippen molar-refractivity contribution in [1.82, 2.24) is 29.8 Å². The average Bonchev–Trinajstić information content (AvgIpc) is 3.21. The van der Waals surface area contributed by atoms with E-state index < -0.39 is 0 Å². The lowest BCUT2D eigenvalue weighted by Gasteiger charge is -2.41. The van der Waals surface area contributed by atoms with Crippen LogP contribution < -0.4 is 0 Å². The first-order valence-corrected chi connectivity index (χ1v) is 9.56. The molecular weight excluding hydrogens is 340 g/mol. The van der Waals surface area contributed by atoms with E-state index in [1.54, 1.807) is 22.8 Å². The molecule has 0 radical (unpaired) electrons. The number of aromatic nitrogens is 4. The topological polar surface area (TPSA) is 66.6 Å². The van der Waals surface area contributed by atoms with E-state index in [2.05, 4.69) is 44.7 Å². The molecule has 0 unspecified atom stereocenters. The normalized spacial score (nSPS) is 20.6. The largest absolute Gasteiger partial charge is 0.336 e. The molecule has 3 heterocycles. The fourth-order valence-electron chi connectivity index (χ4n) is 4.34. The van der Waals surface area contributed by atoms with Crippen LogP contribution in [0.15, 0.2) is 42.6 Å². The Balaban J connectivity index is 1.23. The van der Waals surface area contributed by atoms with Gasteiger partial charge in [0, 0.05) is 44.0 Å². The Labute approximate surface area is 157 Å². The fourth-order valence-corrected chi connectivity index (χ4v) is 4.34. The number of tetrazole rings is 1. The van der Waals surface area contributed by atoms with E-state index in [0.717, 1.165) is 39.0 Å². The van der Waals surface area contributed by atoms with E-state index in [-0.39, 0.29) is 5.91 Å². The summed E-state index contributed by atoms with van der Waals surface area (Å²) in [5.41, 5.74) is 4.24. The van der Waals surface area contributed by atoms with Gasteiger partial charge in [-0.1, -0.05) is 24.3 Å². The Morgan fingerprint density at radius 2 is 1.85 bits per heavy atom. The van der Waals surface area contributed by atoms with Gasteiger partial charge in [0.2, 0.25) is 0 Å². The summed E-state index contributed by atoms with van der Waals surface area (Å²) in [4.78, 5) is 17.3. The number of rotatable bonds is 2. The minimum absolute atomic E-state index is 0.0640. The minimum atomic E-state index is 0.0640. The van der Waals surface area contributed by atoms with Crippen molar-refractivity contribution >= 4 is 11.6 Å². The molecule has 7 heteroatoms. The maximum absolute atomic E-state index is 12.8. The monoisotopic (exact) mass is 362 g/mol. The second-order valence-electron chi connectivity index (χ2n) is 7.39. The predicted octanol–water partition coefficient (Wildman–Crippen LogP) is 1.44. The highest BCUT2D eigenvalue weighted by Crippen LogP contribution is 2.25. The van der Waals surface area contributed by atoms with E-state index >= 15 is 0 Å². The second kappa shape index (κ2) is 6.74. The summed E-state index contributed by atoms with van der Waals surface area (Å²) in [6.07, 6.45) is 5.23. The first-order chi connectivity index (χ1) is 13.3. The molecule has 5 rings (SSSR count). The molecule has 1 aliphatic carbocycles. The van der Waals surface area contributed by atoms with E-state index in [1.807, 2.05) is 4.90 Å². The van der Waals surface area contributed by atoms with E-state index in [4.69, 9.17) is 0 Å². The zero-order chi connectivity index (χ0) is 18.2. The number of carbonyl (C=O) groups is 1. The molecule has 7 nitrogen and oxygen atoms in total. The molecule has 1 aliphatic heterocycles. The summed E-state index contributed by atoms with van der Waals surface area (Å²) < 4.78 is 1.57. The smallest absolute Gasteiger partial charge is 0.254 e. The molecule has 1 amide bonds. The number of carbonyl (C=O) groups excluding carboxylic acids is 1. The number of piperazine rings is 1. The Bertz CT molecular complexity index is 975. The Morgan fingerprint density at radius 1 is 1.04 bits per heavy atom. The van der Waals surface area contributed by atoms with Gasteiger partial charge < -0.3 is 4.90 Å². The van der Waals surface area contributed by atoms with Crippen molar-refractivity contribution in [1.29, 1.82) is 0 Å². The van der Waals surface area contributed by atoms with Crippen LogP contribution >= 0.6 is 0 Å². The van der Waals surface area contributed by atoms with Gasteiger partial charge in [-0.3, -0.25) is 9.69 Å². The third-order valence-electron chi connectivity index (χ3n) is 5.88. The molecule has 0 saturated carbocycles. The Hall–Kier alpha value is -2.80. The zero-order valence-electron chi connectivity index (χ0n) is 15.2. The third kappa shape index (κ3) is 3.08. The van der Waals surface area contributed by atoms with Gasteiger partial charge in [0.25, 0.3) is 5.91 Å². The van der Waals surface area contributed by atoms with Crippen molar-refractivity contribution in [3.05, 3.63) is 59.3 Å². The summed E-state index contributed by atoms with van der Waals surface area (Å²) in [6, 6.07) is 12.9. The molecule has 1 saturated heterocycles. The summed E-state index contributed by atoms with van der Waals surface area (Å²) >= 11 is 0. The molecule has 138 valence electrons. The van der Waals surface area contributed by atoms with Crippen LogP contribution in [0.5, 0.6) is 0 Å². The SMILES string of the molecule is O=C(c1ccn2nnnc2c1)N1CCN([C@@H]2CCc3ccccc3C2)CC1. The summed E-state index contributed by atoms with van der Waals surface area (Å²) in [6.45, 7) is 3.42. The van der Waals surface area contributed by atoms with Crippen LogP contribution in [0.25, 0.3) is 5.65 Å². The highest BCUT2D eigenvalue weighted by Gasteiger charge is 2.29. The quantitative estimate of drug-likeness (QED) is 0.690. The first-order valence-electron chi connectivity index (χ1n) is 9.56. The van der Waals surface area contributed by atoms with Crippen molar-refractivity contribution in [2.75, 3.05) is 26.2 Å². The molecule has 1 aromatic carbocycles. The molecule has 1 atom stereocenters. The lowest BCUT2D eigenvalue weighted by molar-refractivity contribution is 0.0553. The zero-order valence-corrected chi connectivity index (χ0v) is 15.2. The summed E-state index contributed by atoms with van der Waals surface area (Å²) in [7, 11) is 0. The number of aryl methyl sites for hydroxylation is 1. The van der Waals surface area contributed by atoms with E-state index in [1.165, 1.54) is 17.5 Å². The maximum Gasteiger partial charge on any atom is 0.254 e. The van der Waals surface area contributed by atoms with Crippen molar-refractivity contribution in [3.8, 4) is 0 Å². The van der Waals surface area contributed by atoms with Gasteiger partial charge in [-0.05, 0) is 52.9 Å². The van der Waals surface area contributed by atoms with Crippen LogP contribution in [0, 0.1) is 0 Å². The fraction of sp³-hybridized carbons (Fsp3) is 0.400. The Kier molecular flexibility index (Phi) is 4.09. The molecule has 0 N–H and O–H groups in total. The summed E-state index contributed by atoms with van der Waals surface area (Å²) in [5, 5.41) is 11.4. The van der Waals surface area contributed by atoms with Crippen molar-refractivity contribution < 1.29 is 4.79 Å². The predicted molar refractivity (Wildman–Crippen MR) is 101 cm³/mol. The molecule has 3 aromatic rings. The van der Waals surface area contributed by atoms with Crippen molar-refractivity contribution in [2.24, 2.45) is 0 Å². The molecule has 27 heavy (non-hydrogen) atoms. The first kappa shape index (κ1) is 16.4. The van der Waals surface area contributed by atoms with Gasteiger partial charge in [0.05, 0.1) is 0 Å². The number of hydrogen-bond donors (Lipinski definition) is 0. The Morgan fingerprint density at radius 3 is 2.70 bits per heavy atom. The third-order valence-corrected chi connectivity index (χ3v) is 5.88. The van der Waals surface area contributed by atoms with E-state index in [9.17, 15) is 4.79 Å². The second-order valence-corrected chi connectivity index (χ2v) is 7.39. The molecule has 1 fully saturated rings. The molecule has 0 bridgehead atoms. The number of hydrogen-bond acceptors (Lipinski definition) is 5. The van der Waals surface area contributed by atoms with Gasteiger partial charge in [0.1, 0.15) is 0 Å². The molecule has 0 spiro atoms. The highest BCUT2D eigenvalue weighted by atomic mass is 16.2. The minimum Gasteiger partial charge on any atom is -0.336 e. The van der Waals surface area contributed by atoms with Crippen molar-refractivity contribution in [3.63, 3.8) is 0 Å². The van der Waals surface area contributed by atoms with Crippen LogP contribution in [0.4, 0.5) is 0 Å². The lowest BCUT2D eigenvalue weighted by atomic mass is 9.87. The van der Waals surface area contributed by atoms with Crippen LogP contribution in [0.2, 0.25) is 0 Å². The number of benzene rings is 1. The lowest BCUT2D eigenvalue weighted by Crippen LogP contribution is -2.53. The van der Waals surface area contributed by atoms with Crippen LogP contribution in [-0.4, -0.2) is 68.0 Å². The molecule has 2 aliphatic rings. The van der Waals surface area contributed by atoms with Gasteiger partial charge >= 0.3 is 0 Å². The molecular formula is C20H22N6O. The van der Waals surface area contributed by atoms with E-state index in [0.29, 0.717) is 17.3 Å². The molecule has 2 aromatic heterocycles. The summed E-state index contributed by atoms with van der Waals surface area (Å²) in [5.74, 6) is 0.0640. The average molecular weight is 362 g/mol. The number of pyridine rings is 1. The van der Waals surface area contributed by atoms with Crippen LogP contribution in [-0.2, 0) is 12.8 Å². The van der Waals surface area contributed by atoms with Gasteiger partial charge in [-0.15, -0.1) is 5.10 Å². The maximum atomic E-state index is 12.8.